The first-order valence-electron chi connectivity index (χ1n) is 6.00. The zero-order valence-corrected chi connectivity index (χ0v) is 12.2. The molecule has 0 spiro atoms. The summed E-state index contributed by atoms with van der Waals surface area (Å²) < 4.78 is 14.6. The number of thiophene rings is 1. The van der Waals surface area contributed by atoms with E-state index in [1.807, 2.05) is 18.2 Å². The van der Waals surface area contributed by atoms with Gasteiger partial charge in [0.25, 0.3) is 0 Å². The molecule has 3 rings (SSSR count). The summed E-state index contributed by atoms with van der Waals surface area (Å²) in [6.45, 7) is 0.896. The molecule has 1 aromatic heterocycles. The van der Waals surface area contributed by atoms with Gasteiger partial charge in [-0.2, -0.15) is 0 Å². The molecule has 0 aliphatic heterocycles. The molecule has 1 fully saturated rings. The van der Waals surface area contributed by atoms with E-state index in [0.717, 1.165) is 15.9 Å². The number of nitrogens with one attached hydrogen (secondary N) is 1. The first-order chi connectivity index (χ1) is 8.72. The van der Waals surface area contributed by atoms with E-state index in [-0.39, 0.29) is 5.82 Å². The molecule has 4 heteroatoms. The Hall–Kier alpha value is -0.710. The summed E-state index contributed by atoms with van der Waals surface area (Å²) in [4.78, 5) is 2.26. The first-order valence-corrected chi connectivity index (χ1v) is 7.61. The number of hydrogen-bond donors (Lipinski definition) is 1. The monoisotopic (exact) mass is 325 g/mol. The van der Waals surface area contributed by atoms with Gasteiger partial charge in [0.05, 0.1) is 0 Å². The minimum Gasteiger partial charge on any atom is -0.309 e. The highest BCUT2D eigenvalue weighted by Crippen LogP contribution is 2.32. The quantitative estimate of drug-likeness (QED) is 0.868. The molecule has 1 aliphatic carbocycles. The molecule has 0 bridgehead atoms. The Morgan fingerprint density at radius 2 is 2.11 bits per heavy atom. The lowest BCUT2D eigenvalue weighted by molar-refractivity contribution is 0.631. The Balaban J connectivity index is 1.78. The predicted octanol–water partition coefficient (Wildman–Crippen LogP) is 4.57. The summed E-state index contributed by atoms with van der Waals surface area (Å²) >= 11 is 4.93. The van der Waals surface area contributed by atoms with Crippen LogP contribution in [0.5, 0.6) is 0 Å². The predicted molar refractivity (Wildman–Crippen MR) is 77.3 cm³/mol. The highest BCUT2D eigenvalue weighted by molar-refractivity contribution is 9.10. The Morgan fingerprint density at radius 1 is 1.28 bits per heavy atom. The highest BCUT2D eigenvalue weighted by atomic mass is 79.9. The fourth-order valence-corrected chi connectivity index (χ4v) is 3.16. The van der Waals surface area contributed by atoms with Gasteiger partial charge in [-0.3, -0.25) is 0 Å². The molecule has 2 aromatic rings. The summed E-state index contributed by atoms with van der Waals surface area (Å²) in [6, 6.07) is 10.00. The van der Waals surface area contributed by atoms with Gasteiger partial charge in [0.1, 0.15) is 5.82 Å². The lowest BCUT2D eigenvalue weighted by Crippen LogP contribution is -2.14. The molecule has 0 unspecified atom stereocenters. The average molecular weight is 326 g/mol. The van der Waals surface area contributed by atoms with Crippen LogP contribution in [0.25, 0.3) is 10.4 Å². The molecular formula is C14H13BrFNS. The Kier molecular flexibility index (Phi) is 3.50. The van der Waals surface area contributed by atoms with Gasteiger partial charge in [0, 0.05) is 32.4 Å². The third-order valence-electron chi connectivity index (χ3n) is 3.00. The number of halogens is 2. The van der Waals surface area contributed by atoms with Crippen LogP contribution in [-0.2, 0) is 6.54 Å². The number of hydrogen-bond acceptors (Lipinski definition) is 2. The molecule has 0 atom stereocenters. The zero-order chi connectivity index (χ0) is 12.5. The van der Waals surface area contributed by atoms with Crippen molar-refractivity contribution in [2.45, 2.75) is 25.4 Å². The summed E-state index contributed by atoms with van der Waals surface area (Å²) in [5.41, 5.74) is 0.681. The molecule has 1 heterocycles. The van der Waals surface area contributed by atoms with Crippen LogP contribution < -0.4 is 5.32 Å². The van der Waals surface area contributed by atoms with Crippen LogP contribution in [0.15, 0.2) is 34.8 Å². The SMILES string of the molecule is Fc1cc(Br)ccc1-c1ccc(CNC2CC2)s1. The van der Waals surface area contributed by atoms with E-state index in [9.17, 15) is 4.39 Å². The summed E-state index contributed by atoms with van der Waals surface area (Å²) in [6.07, 6.45) is 2.58. The molecule has 18 heavy (non-hydrogen) atoms. The fraction of sp³-hybridized carbons (Fsp3) is 0.286. The standard InChI is InChI=1S/C14H13BrFNS/c15-9-1-5-12(13(16)7-9)14-6-4-11(18-14)8-17-10-2-3-10/h1,4-7,10,17H,2-3,8H2. The second kappa shape index (κ2) is 5.11. The average Bonchev–Trinajstić information content (AvgIpc) is 3.05. The summed E-state index contributed by atoms with van der Waals surface area (Å²) in [5.74, 6) is -0.173. The molecule has 1 aromatic carbocycles. The minimum absolute atomic E-state index is 0.173. The molecule has 0 amide bonds. The molecule has 1 N–H and O–H groups in total. The number of rotatable bonds is 4. The van der Waals surface area contributed by atoms with Crippen molar-refractivity contribution in [2.24, 2.45) is 0 Å². The molecular weight excluding hydrogens is 313 g/mol. The topological polar surface area (TPSA) is 12.0 Å². The van der Waals surface area contributed by atoms with E-state index in [2.05, 4.69) is 27.3 Å². The fourth-order valence-electron chi connectivity index (χ4n) is 1.84. The summed E-state index contributed by atoms with van der Waals surface area (Å²) in [5, 5.41) is 3.47. The van der Waals surface area contributed by atoms with Crippen LogP contribution in [0, 0.1) is 5.82 Å². The van der Waals surface area contributed by atoms with Gasteiger partial charge in [-0.15, -0.1) is 11.3 Å². The van der Waals surface area contributed by atoms with Gasteiger partial charge in [-0.1, -0.05) is 15.9 Å². The minimum atomic E-state index is -0.173. The van der Waals surface area contributed by atoms with Crippen LogP contribution >= 0.6 is 27.3 Å². The molecule has 94 valence electrons. The number of benzene rings is 1. The van der Waals surface area contributed by atoms with Crippen LogP contribution in [0.3, 0.4) is 0 Å². The van der Waals surface area contributed by atoms with Crippen molar-refractivity contribution in [2.75, 3.05) is 0 Å². The third kappa shape index (κ3) is 2.82. The smallest absolute Gasteiger partial charge is 0.132 e. The van der Waals surface area contributed by atoms with Crippen molar-refractivity contribution in [3.63, 3.8) is 0 Å². The van der Waals surface area contributed by atoms with Crippen molar-refractivity contribution in [1.29, 1.82) is 0 Å². The van der Waals surface area contributed by atoms with Crippen molar-refractivity contribution < 1.29 is 4.39 Å². The molecule has 1 nitrogen and oxygen atoms in total. The maximum absolute atomic E-state index is 13.8. The van der Waals surface area contributed by atoms with Crippen LogP contribution in [0.4, 0.5) is 4.39 Å². The lowest BCUT2D eigenvalue weighted by Gasteiger charge is -2.01. The Morgan fingerprint density at radius 3 is 2.83 bits per heavy atom. The molecule has 1 aliphatic rings. The second-order valence-corrected chi connectivity index (χ2v) is 6.63. The van der Waals surface area contributed by atoms with Gasteiger partial charge in [-0.05, 0) is 43.2 Å². The van der Waals surface area contributed by atoms with Crippen LogP contribution in [-0.4, -0.2) is 6.04 Å². The Bertz CT molecular complexity index is 563. The Labute approximate surface area is 118 Å². The van der Waals surface area contributed by atoms with E-state index < -0.39 is 0 Å². The van der Waals surface area contributed by atoms with Crippen molar-refractivity contribution in [3.8, 4) is 10.4 Å². The van der Waals surface area contributed by atoms with Gasteiger partial charge < -0.3 is 5.32 Å². The lowest BCUT2D eigenvalue weighted by atomic mass is 10.2. The van der Waals surface area contributed by atoms with Gasteiger partial charge in [0.2, 0.25) is 0 Å². The zero-order valence-electron chi connectivity index (χ0n) is 9.75. The van der Waals surface area contributed by atoms with Crippen LogP contribution in [0.2, 0.25) is 0 Å². The van der Waals surface area contributed by atoms with Crippen molar-refractivity contribution in [1.82, 2.24) is 5.32 Å². The molecule has 1 saturated carbocycles. The van der Waals surface area contributed by atoms with E-state index in [0.29, 0.717) is 11.6 Å². The van der Waals surface area contributed by atoms with Crippen molar-refractivity contribution in [3.05, 3.63) is 45.5 Å². The van der Waals surface area contributed by atoms with E-state index in [1.165, 1.54) is 23.8 Å². The highest BCUT2D eigenvalue weighted by Gasteiger charge is 2.20. The van der Waals surface area contributed by atoms with E-state index in [4.69, 9.17) is 0 Å². The third-order valence-corrected chi connectivity index (χ3v) is 4.61. The normalized spacial score (nSPS) is 15.0. The van der Waals surface area contributed by atoms with Crippen molar-refractivity contribution >= 4 is 27.3 Å². The molecule has 0 radical (unpaired) electrons. The van der Waals surface area contributed by atoms with Crippen LogP contribution in [0.1, 0.15) is 17.7 Å². The largest absolute Gasteiger partial charge is 0.309 e. The van der Waals surface area contributed by atoms with E-state index in [1.54, 1.807) is 11.3 Å². The first kappa shape index (κ1) is 12.3. The van der Waals surface area contributed by atoms with E-state index >= 15 is 0 Å². The van der Waals surface area contributed by atoms with Gasteiger partial charge >= 0.3 is 0 Å². The van der Waals surface area contributed by atoms with Gasteiger partial charge in [-0.25, -0.2) is 4.39 Å². The summed E-state index contributed by atoms with van der Waals surface area (Å²) in [7, 11) is 0. The maximum Gasteiger partial charge on any atom is 0.132 e. The second-order valence-electron chi connectivity index (χ2n) is 4.55. The maximum atomic E-state index is 13.8. The van der Waals surface area contributed by atoms with Gasteiger partial charge in [0.15, 0.2) is 0 Å². The molecule has 0 saturated heterocycles.